The smallest absolute Gasteiger partial charge is 0.295 e. The first-order valence-electron chi connectivity index (χ1n) is 3.16. The molecule has 1 atom stereocenters. The second-order valence-electron chi connectivity index (χ2n) is 2.47. The Labute approximate surface area is 73.8 Å². The fourth-order valence-corrected chi connectivity index (χ4v) is 0.530. The Morgan fingerprint density at radius 1 is 1.00 bits per heavy atom. The number of rotatable bonds is 3. The summed E-state index contributed by atoms with van der Waals surface area (Å²) < 4.78 is 83.6. The Hall–Kier alpha value is -0.570. The summed E-state index contributed by atoms with van der Waals surface area (Å²) in [6, 6.07) is 0. The summed E-state index contributed by atoms with van der Waals surface area (Å²) in [5.41, 5.74) is 0. The van der Waals surface area contributed by atoms with Gasteiger partial charge in [-0.2, -0.15) is 30.7 Å². The van der Waals surface area contributed by atoms with Crippen LogP contribution in [0, 0.1) is 0 Å². The number of nitrogens with two attached hydrogens (primary N) is 1. The normalized spacial score (nSPS) is 16.9. The molecule has 0 aliphatic rings. The van der Waals surface area contributed by atoms with Gasteiger partial charge in [0.2, 0.25) is 0 Å². The predicted octanol–water partition coefficient (Wildman–Crippen LogP) is 2.10. The van der Waals surface area contributed by atoms with E-state index in [1.54, 1.807) is 0 Å². The van der Waals surface area contributed by atoms with Crippen molar-refractivity contribution in [3.8, 4) is 0 Å². The molecule has 0 aromatic carbocycles. The van der Waals surface area contributed by atoms with E-state index in [4.69, 9.17) is 0 Å². The van der Waals surface area contributed by atoms with E-state index in [1.165, 1.54) is 0 Å². The lowest BCUT2D eigenvalue weighted by Gasteiger charge is -2.30. The van der Waals surface area contributed by atoms with Crippen LogP contribution >= 0.6 is 0 Å². The SMILES string of the molecule is CC(ON)C(F)(F)C(F)(F)C(F)(F)F. The highest BCUT2D eigenvalue weighted by Gasteiger charge is 2.75. The van der Waals surface area contributed by atoms with Crippen molar-refractivity contribution in [3.63, 3.8) is 0 Å². The topological polar surface area (TPSA) is 35.2 Å². The van der Waals surface area contributed by atoms with E-state index >= 15 is 0 Å². The lowest BCUT2D eigenvalue weighted by Crippen LogP contribution is -2.58. The zero-order valence-electron chi connectivity index (χ0n) is 6.71. The highest BCUT2D eigenvalue weighted by atomic mass is 19.4. The standard InChI is InChI=1S/C5H6F7NO/c1-2(14-13)3(6,7)4(8,9)5(10,11)12/h2H,13H2,1H3. The maximum absolute atomic E-state index is 12.4. The summed E-state index contributed by atoms with van der Waals surface area (Å²) >= 11 is 0. The monoisotopic (exact) mass is 229 g/mol. The summed E-state index contributed by atoms with van der Waals surface area (Å²) in [5.74, 6) is -7.48. The molecule has 86 valence electrons. The van der Waals surface area contributed by atoms with Crippen molar-refractivity contribution in [3.05, 3.63) is 0 Å². The van der Waals surface area contributed by atoms with Crippen molar-refractivity contribution in [1.29, 1.82) is 0 Å². The molecular weight excluding hydrogens is 223 g/mol. The molecule has 0 aromatic rings. The third-order valence-corrected chi connectivity index (χ3v) is 1.49. The van der Waals surface area contributed by atoms with Gasteiger partial charge in [-0.05, 0) is 6.92 Å². The highest BCUT2D eigenvalue weighted by molar-refractivity contribution is 4.94. The summed E-state index contributed by atoms with van der Waals surface area (Å²) in [7, 11) is 0. The van der Waals surface area contributed by atoms with Crippen LogP contribution in [0.5, 0.6) is 0 Å². The van der Waals surface area contributed by atoms with E-state index < -0.39 is 24.1 Å². The van der Waals surface area contributed by atoms with Crippen molar-refractivity contribution in [2.75, 3.05) is 0 Å². The Morgan fingerprint density at radius 3 is 1.57 bits per heavy atom. The number of hydrogen-bond acceptors (Lipinski definition) is 2. The summed E-state index contributed by atoms with van der Waals surface area (Å²) in [4.78, 5) is 3.27. The molecule has 0 aromatic heterocycles. The average molecular weight is 229 g/mol. The van der Waals surface area contributed by atoms with Gasteiger partial charge < -0.3 is 0 Å². The third-order valence-electron chi connectivity index (χ3n) is 1.49. The van der Waals surface area contributed by atoms with Crippen molar-refractivity contribution >= 4 is 0 Å². The first-order chi connectivity index (χ1) is 5.98. The van der Waals surface area contributed by atoms with Crippen LogP contribution in [-0.4, -0.2) is 24.1 Å². The van der Waals surface area contributed by atoms with Gasteiger partial charge in [-0.3, -0.25) is 4.84 Å². The van der Waals surface area contributed by atoms with Crippen LogP contribution in [-0.2, 0) is 4.84 Å². The van der Waals surface area contributed by atoms with Gasteiger partial charge in [0, 0.05) is 0 Å². The van der Waals surface area contributed by atoms with E-state index in [1.807, 2.05) is 0 Å². The average Bonchev–Trinajstić information content (AvgIpc) is 2.00. The molecule has 1 unspecified atom stereocenters. The minimum absolute atomic E-state index is 0.305. The van der Waals surface area contributed by atoms with Gasteiger partial charge >= 0.3 is 18.0 Å². The fraction of sp³-hybridized carbons (Fsp3) is 1.00. The molecule has 0 heterocycles. The molecular formula is C5H6F7NO. The van der Waals surface area contributed by atoms with E-state index in [2.05, 4.69) is 10.7 Å². The largest absolute Gasteiger partial charge is 0.459 e. The van der Waals surface area contributed by atoms with Gasteiger partial charge in [-0.25, -0.2) is 5.90 Å². The van der Waals surface area contributed by atoms with E-state index in [0.717, 1.165) is 0 Å². The number of hydrogen-bond donors (Lipinski definition) is 1. The maximum Gasteiger partial charge on any atom is 0.459 e. The van der Waals surface area contributed by atoms with Crippen LogP contribution in [0.2, 0.25) is 0 Å². The first kappa shape index (κ1) is 13.4. The number of alkyl halides is 7. The number of halogens is 7. The molecule has 2 N–H and O–H groups in total. The second-order valence-corrected chi connectivity index (χ2v) is 2.47. The Morgan fingerprint density at radius 2 is 1.36 bits per heavy atom. The molecule has 0 bridgehead atoms. The van der Waals surface area contributed by atoms with Gasteiger partial charge in [0.25, 0.3) is 0 Å². The van der Waals surface area contributed by atoms with Gasteiger partial charge in [0.15, 0.2) is 0 Å². The molecule has 0 rings (SSSR count). The van der Waals surface area contributed by atoms with E-state index in [0.29, 0.717) is 6.92 Å². The summed E-state index contributed by atoms with van der Waals surface area (Å²) in [6.45, 7) is 0.305. The summed E-state index contributed by atoms with van der Waals surface area (Å²) in [6.07, 6.45) is -9.11. The highest BCUT2D eigenvalue weighted by Crippen LogP contribution is 2.48. The molecule has 0 saturated carbocycles. The lowest BCUT2D eigenvalue weighted by atomic mass is 10.1. The lowest BCUT2D eigenvalue weighted by molar-refractivity contribution is -0.372. The quantitative estimate of drug-likeness (QED) is 0.594. The van der Waals surface area contributed by atoms with E-state index in [9.17, 15) is 30.7 Å². The third kappa shape index (κ3) is 1.92. The Kier molecular flexibility index (Phi) is 3.39. The van der Waals surface area contributed by atoms with Crippen molar-refractivity contribution in [2.24, 2.45) is 5.90 Å². The Bertz CT molecular complexity index is 201. The fourth-order valence-electron chi connectivity index (χ4n) is 0.530. The first-order valence-corrected chi connectivity index (χ1v) is 3.16. The van der Waals surface area contributed by atoms with Crippen molar-refractivity contribution in [2.45, 2.75) is 31.0 Å². The zero-order chi connectivity index (χ0) is 11.8. The molecule has 14 heavy (non-hydrogen) atoms. The van der Waals surface area contributed by atoms with Gasteiger partial charge in [0.05, 0.1) is 0 Å². The van der Waals surface area contributed by atoms with Crippen LogP contribution in [0.15, 0.2) is 0 Å². The van der Waals surface area contributed by atoms with Gasteiger partial charge in [-0.15, -0.1) is 0 Å². The van der Waals surface area contributed by atoms with Gasteiger partial charge in [-0.1, -0.05) is 0 Å². The minimum atomic E-state index is -6.36. The van der Waals surface area contributed by atoms with Crippen molar-refractivity contribution < 1.29 is 35.6 Å². The molecule has 0 amide bonds. The molecule has 0 saturated heterocycles. The molecule has 9 heteroatoms. The van der Waals surface area contributed by atoms with Gasteiger partial charge in [0.1, 0.15) is 6.10 Å². The molecule has 0 fully saturated rings. The molecule has 2 nitrogen and oxygen atoms in total. The molecule has 0 aliphatic carbocycles. The molecule has 0 radical (unpaired) electrons. The Balaban J connectivity index is 5.07. The van der Waals surface area contributed by atoms with E-state index in [-0.39, 0.29) is 0 Å². The van der Waals surface area contributed by atoms with Crippen LogP contribution in [0.25, 0.3) is 0 Å². The van der Waals surface area contributed by atoms with Crippen LogP contribution in [0.1, 0.15) is 6.92 Å². The molecule has 0 spiro atoms. The van der Waals surface area contributed by atoms with Crippen LogP contribution in [0.4, 0.5) is 30.7 Å². The van der Waals surface area contributed by atoms with Crippen LogP contribution in [0.3, 0.4) is 0 Å². The molecule has 0 aliphatic heterocycles. The van der Waals surface area contributed by atoms with Crippen LogP contribution < -0.4 is 5.90 Å². The maximum atomic E-state index is 12.4. The minimum Gasteiger partial charge on any atom is -0.295 e. The summed E-state index contributed by atoms with van der Waals surface area (Å²) in [5, 5.41) is 0. The zero-order valence-corrected chi connectivity index (χ0v) is 6.71. The predicted molar refractivity (Wildman–Crippen MR) is 30.7 cm³/mol. The second kappa shape index (κ2) is 3.54. The van der Waals surface area contributed by atoms with Crippen molar-refractivity contribution in [1.82, 2.24) is 0 Å².